The maximum atomic E-state index is 4.66. The summed E-state index contributed by atoms with van der Waals surface area (Å²) in [6.45, 7) is 9.52. The molecule has 2 rings (SSSR count). The molecule has 0 saturated carbocycles. The lowest BCUT2D eigenvalue weighted by Gasteiger charge is -2.19. The van der Waals surface area contributed by atoms with E-state index in [9.17, 15) is 0 Å². The zero-order valence-corrected chi connectivity index (χ0v) is 12.3. The third-order valence-corrected chi connectivity index (χ3v) is 3.90. The second kappa shape index (κ2) is 5.21. The Kier molecular flexibility index (Phi) is 3.83. The largest absolute Gasteiger partial charge is 0.307 e. The van der Waals surface area contributed by atoms with Gasteiger partial charge in [0.05, 0.1) is 5.69 Å². The Balaban J connectivity index is 2.17. The molecule has 0 radical (unpaired) electrons. The van der Waals surface area contributed by atoms with Crippen LogP contribution < -0.4 is 5.32 Å². The average Bonchev–Trinajstić information content (AvgIpc) is 2.68. The summed E-state index contributed by atoms with van der Waals surface area (Å²) in [5.41, 5.74) is 2.48. The molecule has 1 N–H and O–H groups in total. The molecule has 3 heteroatoms. The lowest BCUT2D eigenvalue weighted by molar-refractivity contribution is 0.425. The van der Waals surface area contributed by atoms with Crippen molar-refractivity contribution >= 4 is 11.3 Å². The van der Waals surface area contributed by atoms with Crippen molar-refractivity contribution in [3.63, 3.8) is 0 Å². The maximum Gasteiger partial charge on any atom is 0.123 e. The van der Waals surface area contributed by atoms with Crippen LogP contribution in [0.4, 0.5) is 0 Å². The van der Waals surface area contributed by atoms with E-state index in [2.05, 4.69) is 62.3 Å². The average molecular weight is 260 g/mol. The maximum absolute atomic E-state index is 4.66. The minimum absolute atomic E-state index is 0.142. The molecule has 1 aromatic heterocycles. The Bertz CT molecular complexity index is 509. The first-order valence-corrected chi connectivity index (χ1v) is 7.04. The molecular weight excluding hydrogens is 240 g/mol. The third kappa shape index (κ3) is 3.40. The van der Waals surface area contributed by atoms with Crippen LogP contribution in [0.2, 0.25) is 0 Å². The Morgan fingerprint density at radius 2 is 1.83 bits per heavy atom. The summed E-state index contributed by atoms with van der Waals surface area (Å²) in [5.74, 6) is 0. The van der Waals surface area contributed by atoms with Gasteiger partial charge in [-0.05, 0) is 27.7 Å². The fraction of sp³-hybridized carbons (Fsp3) is 0.400. The van der Waals surface area contributed by atoms with E-state index in [4.69, 9.17) is 0 Å². The number of aryl methyl sites for hydroxylation is 1. The second-order valence-corrected chi connectivity index (χ2v) is 6.58. The van der Waals surface area contributed by atoms with Crippen LogP contribution in [0.3, 0.4) is 0 Å². The molecule has 1 aromatic carbocycles. The van der Waals surface area contributed by atoms with Gasteiger partial charge in [0.1, 0.15) is 5.01 Å². The number of hydrogen-bond donors (Lipinski definition) is 1. The third-order valence-electron chi connectivity index (χ3n) is 2.69. The minimum Gasteiger partial charge on any atom is -0.307 e. The zero-order valence-electron chi connectivity index (χ0n) is 11.4. The quantitative estimate of drug-likeness (QED) is 0.902. The van der Waals surface area contributed by atoms with Gasteiger partial charge < -0.3 is 5.32 Å². The fourth-order valence-corrected chi connectivity index (χ4v) is 2.65. The monoisotopic (exact) mass is 260 g/mol. The highest BCUT2D eigenvalue weighted by atomic mass is 32.1. The summed E-state index contributed by atoms with van der Waals surface area (Å²) in [4.78, 5) is 5.98. The lowest BCUT2D eigenvalue weighted by Crippen LogP contribution is -2.34. The van der Waals surface area contributed by atoms with Crippen molar-refractivity contribution in [3.8, 4) is 10.6 Å². The van der Waals surface area contributed by atoms with Gasteiger partial charge in [0.2, 0.25) is 0 Å². The topological polar surface area (TPSA) is 24.9 Å². The molecule has 18 heavy (non-hydrogen) atoms. The fourth-order valence-electron chi connectivity index (χ4n) is 1.64. The van der Waals surface area contributed by atoms with Crippen molar-refractivity contribution in [1.29, 1.82) is 0 Å². The summed E-state index contributed by atoms with van der Waals surface area (Å²) in [6.07, 6.45) is 0. The first-order chi connectivity index (χ1) is 8.46. The SMILES string of the molecule is Cc1nc(-c2ccccc2)sc1CNC(C)(C)C. The van der Waals surface area contributed by atoms with Gasteiger partial charge in [-0.3, -0.25) is 0 Å². The van der Waals surface area contributed by atoms with Crippen LogP contribution in [0.15, 0.2) is 30.3 Å². The van der Waals surface area contributed by atoms with Crippen molar-refractivity contribution in [2.45, 2.75) is 39.8 Å². The van der Waals surface area contributed by atoms with Gasteiger partial charge in [-0.15, -0.1) is 11.3 Å². The molecule has 0 aliphatic heterocycles. The van der Waals surface area contributed by atoms with Gasteiger partial charge in [0.15, 0.2) is 0 Å². The van der Waals surface area contributed by atoms with Crippen molar-refractivity contribution < 1.29 is 0 Å². The zero-order chi connectivity index (χ0) is 13.2. The van der Waals surface area contributed by atoms with Crippen LogP contribution in [0.1, 0.15) is 31.3 Å². The highest BCUT2D eigenvalue weighted by Gasteiger charge is 2.13. The Labute approximate surface area is 113 Å². The Hall–Kier alpha value is -1.19. The van der Waals surface area contributed by atoms with Gasteiger partial charge in [-0.1, -0.05) is 30.3 Å². The first kappa shape index (κ1) is 13.2. The van der Waals surface area contributed by atoms with Gasteiger partial charge in [0.25, 0.3) is 0 Å². The van der Waals surface area contributed by atoms with E-state index in [0.717, 1.165) is 17.2 Å². The van der Waals surface area contributed by atoms with Crippen molar-refractivity contribution in [3.05, 3.63) is 40.9 Å². The molecular formula is C15H20N2S. The second-order valence-electron chi connectivity index (χ2n) is 5.50. The number of nitrogens with zero attached hydrogens (tertiary/aromatic N) is 1. The molecule has 0 fully saturated rings. The normalized spacial score (nSPS) is 11.8. The highest BCUT2D eigenvalue weighted by molar-refractivity contribution is 7.15. The van der Waals surface area contributed by atoms with E-state index in [1.54, 1.807) is 11.3 Å². The smallest absolute Gasteiger partial charge is 0.123 e. The van der Waals surface area contributed by atoms with Gasteiger partial charge in [-0.25, -0.2) is 4.98 Å². The molecule has 0 spiro atoms. The number of hydrogen-bond acceptors (Lipinski definition) is 3. The van der Waals surface area contributed by atoms with E-state index in [-0.39, 0.29) is 5.54 Å². The Morgan fingerprint density at radius 1 is 1.17 bits per heavy atom. The van der Waals surface area contributed by atoms with Crippen LogP contribution in [0.25, 0.3) is 10.6 Å². The molecule has 2 aromatic rings. The van der Waals surface area contributed by atoms with Crippen molar-refractivity contribution in [1.82, 2.24) is 10.3 Å². The van der Waals surface area contributed by atoms with E-state index in [1.165, 1.54) is 10.4 Å². The highest BCUT2D eigenvalue weighted by Crippen LogP contribution is 2.27. The molecule has 1 heterocycles. The number of benzene rings is 1. The molecule has 0 atom stereocenters. The van der Waals surface area contributed by atoms with Crippen LogP contribution in [0.5, 0.6) is 0 Å². The van der Waals surface area contributed by atoms with E-state index >= 15 is 0 Å². The van der Waals surface area contributed by atoms with E-state index in [1.807, 2.05) is 6.07 Å². The Morgan fingerprint density at radius 3 is 2.44 bits per heavy atom. The summed E-state index contributed by atoms with van der Waals surface area (Å²) in [7, 11) is 0. The molecule has 0 unspecified atom stereocenters. The van der Waals surface area contributed by atoms with Gasteiger partial charge in [-0.2, -0.15) is 0 Å². The van der Waals surface area contributed by atoms with E-state index in [0.29, 0.717) is 0 Å². The number of nitrogens with one attached hydrogen (secondary N) is 1. The lowest BCUT2D eigenvalue weighted by atomic mass is 10.1. The van der Waals surface area contributed by atoms with Gasteiger partial charge >= 0.3 is 0 Å². The molecule has 0 aliphatic rings. The predicted octanol–water partition coefficient (Wildman–Crippen LogP) is 4.01. The number of thiazole rings is 1. The van der Waals surface area contributed by atoms with Crippen molar-refractivity contribution in [2.24, 2.45) is 0 Å². The van der Waals surface area contributed by atoms with Crippen LogP contribution >= 0.6 is 11.3 Å². The summed E-state index contributed by atoms with van der Waals surface area (Å²) in [5, 5.41) is 4.62. The first-order valence-electron chi connectivity index (χ1n) is 6.22. The van der Waals surface area contributed by atoms with Crippen LogP contribution in [0, 0.1) is 6.92 Å². The molecule has 2 nitrogen and oxygen atoms in total. The summed E-state index contributed by atoms with van der Waals surface area (Å²) >= 11 is 1.78. The van der Waals surface area contributed by atoms with Gasteiger partial charge in [0, 0.05) is 22.5 Å². The van der Waals surface area contributed by atoms with Crippen LogP contribution in [-0.4, -0.2) is 10.5 Å². The summed E-state index contributed by atoms with van der Waals surface area (Å²) in [6, 6.07) is 10.4. The standard InChI is InChI=1S/C15H20N2S/c1-11-13(10-16-15(2,3)4)18-14(17-11)12-8-6-5-7-9-12/h5-9,16H,10H2,1-4H3. The molecule has 0 saturated heterocycles. The van der Waals surface area contributed by atoms with E-state index < -0.39 is 0 Å². The van der Waals surface area contributed by atoms with Crippen molar-refractivity contribution in [2.75, 3.05) is 0 Å². The molecule has 0 bridgehead atoms. The molecule has 96 valence electrons. The number of rotatable bonds is 3. The molecule has 0 aliphatic carbocycles. The number of aromatic nitrogens is 1. The minimum atomic E-state index is 0.142. The summed E-state index contributed by atoms with van der Waals surface area (Å²) < 4.78 is 0. The predicted molar refractivity (Wildman–Crippen MR) is 78.9 cm³/mol. The molecule has 0 amide bonds. The van der Waals surface area contributed by atoms with Crippen LogP contribution in [-0.2, 0) is 6.54 Å².